The summed E-state index contributed by atoms with van der Waals surface area (Å²) in [4.78, 5) is 0. The molecule has 82 valence electrons. The third-order valence-corrected chi connectivity index (χ3v) is 1.99. The molecule has 0 atom stereocenters. The molecule has 1 N–H and O–H groups in total. The predicted octanol–water partition coefficient (Wildman–Crippen LogP) is 3.53. The highest BCUT2D eigenvalue weighted by atomic mass is 14.8. The van der Waals surface area contributed by atoms with Crippen molar-refractivity contribution in [1.82, 2.24) is 5.32 Å². The van der Waals surface area contributed by atoms with E-state index in [4.69, 9.17) is 0 Å². The molecule has 0 saturated carbocycles. The number of hydrogen-bond acceptors (Lipinski definition) is 1. The molecule has 0 unspecified atom stereocenters. The van der Waals surface area contributed by atoms with E-state index in [1.165, 1.54) is 12.8 Å². The van der Waals surface area contributed by atoms with Gasteiger partial charge in [-0.15, -0.1) is 6.58 Å². The maximum absolute atomic E-state index is 3.70. The largest absolute Gasteiger partial charge is 0.316 e. The number of unbranched alkanes of at least 4 members (excludes halogenated alkanes) is 2. The van der Waals surface area contributed by atoms with Crippen LogP contribution >= 0.6 is 0 Å². The van der Waals surface area contributed by atoms with Crippen LogP contribution in [0.1, 0.15) is 39.5 Å². The summed E-state index contributed by atoms with van der Waals surface area (Å²) in [5.41, 5.74) is 0. The molecule has 0 heterocycles. The monoisotopic (exact) mass is 195 g/mol. The summed E-state index contributed by atoms with van der Waals surface area (Å²) in [6, 6.07) is 0. The Kier molecular flexibility index (Phi) is 10.1. The SMILES string of the molecule is C=CCCCC=CCCNCC(C)C. The van der Waals surface area contributed by atoms with Gasteiger partial charge in [0.1, 0.15) is 0 Å². The van der Waals surface area contributed by atoms with Crippen molar-refractivity contribution in [2.24, 2.45) is 5.92 Å². The Morgan fingerprint density at radius 1 is 1.14 bits per heavy atom. The standard InChI is InChI=1S/C13H25N/c1-4-5-6-7-8-9-10-11-14-12-13(2)3/h4,8-9,13-14H,1,5-7,10-12H2,2-3H3. The van der Waals surface area contributed by atoms with E-state index in [-0.39, 0.29) is 0 Å². The molecule has 0 radical (unpaired) electrons. The first-order valence-electron chi connectivity index (χ1n) is 5.74. The lowest BCUT2D eigenvalue weighted by Gasteiger charge is -2.04. The van der Waals surface area contributed by atoms with Crippen molar-refractivity contribution in [2.45, 2.75) is 39.5 Å². The lowest BCUT2D eigenvalue weighted by Crippen LogP contribution is -2.20. The van der Waals surface area contributed by atoms with Gasteiger partial charge >= 0.3 is 0 Å². The average molecular weight is 195 g/mol. The Hall–Kier alpha value is -0.560. The van der Waals surface area contributed by atoms with Gasteiger partial charge in [0.15, 0.2) is 0 Å². The van der Waals surface area contributed by atoms with Gasteiger partial charge in [0, 0.05) is 0 Å². The molecule has 0 aromatic heterocycles. The van der Waals surface area contributed by atoms with Crippen molar-refractivity contribution in [3.63, 3.8) is 0 Å². The zero-order chi connectivity index (χ0) is 10.6. The first-order valence-corrected chi connectivity index (χ1v) is 5.74. The van der Waals surface area contributed by atoms with Gasteiger partial charge in [0.2, 0.25) is 0 Å². The van der Waals surface area contributed by atoms with E-state index in [2.05, 4.69) is 37.9 Å². The van der Waals surface area contributed by atoms with Crippen LogP contribution in [0.2, 0.25) is 0 Å². The first kappa shape index (κ1) is 13.4. The minimum atomic E-state index is 0.756. The number of allylic oxidation sites excluding steroid dienone is 2. The fourth-order valence-electron chi connectivity index (χ4n) is 1.19. The second kappa shape index (κ2) is 10.5. The average Bonchev–Trinajstić information content (AvgIpc) is 2.15. The van der Waals surface area contributed by atoms with Crippen LogP contribution < -0.4 is 5.32 Å². The fourth-order valence-corrected chi connectivity index (χ4v) is 1.19. The number of rotatable bonds is 9. The molecule has 0 fully saturated rings. The molecule has 0 amide bonds. The molecular weight excluding hydrogens is 170 g/mol. The van der Waals surface area contributed by atoms with Crippen molar-refractivity contribution >= 4 is 0 Å². The highest BCUT2D eigenvalue weighted by Gasteiger charge is 1.90. The Morgan fingerprint density at radius 2 is 1.86 bits per heavy atom. The van der Waals surface area contributed by atoms with Gasteiger partial charge in [0.25, 0.3) is 0 Å². The topological polar surface area (TPSA) is 12.0 Å². The van der Waals surface area contributed by atoms with Crippen molar-refractivity contribution in [2.75, 3.05) is 13.1 Å². The summed E-state index contributed by atoms with van der Waals surface area (Å²) in [6.07, 6.45) is 11.3. The van der Waals surface area contributed by atoms with E-state index in [0.717, 1.165) is 31.8 Å². The lowest BCUT2D eigenvalue weighted by atomic mass is 10.2. The van der Waals surface area contributed by atoms with Crippen LogP contribution in [-0.2, 0) is 0 Å². The molecule has 0 aliphatic rings. The zero-order valence-electron chi connectivity index (χ0n) is 9.76. The molecule has 1 heteroatoms. The number of hydrogen-bond donors (Lipinski definition) is 1. The van der Waals surface area contributed by atoms with Crippen LogP contribution in [0, 0.1) is 5.92 Å². The summed E-state index contributed by atoms with van der Waals surface area (Å²) in [5.74, 6) is 0.756. The van der Waals surface area contributed by atoms with Crippen molar-refractivity contribution in [1.29, 1.82) is 0 Å². The van der Waals surface area contributed by atoms with Gasteiger partial charge in [-0.2, -0.15) is 0 Å². The van der Waals surface area contributed by atoms with Crippen LogP contribution in [0.15, 0.2) is 24.8 Å². The van der Waals surface area contributed by atoms with Gasteiger partial charge in [-0.1, -0.05) is 32.1 Å². The zero-order valence-corrected chi connectivity index (χ0v) is 9.76. The minimum absolute atomic E-state index is 0.756. The summed E-state index contributed by atoms with van der Waals surface area (Å²) < 4.78 is 0. The molecule has 0 saturated heterocycles. The molecule has 0 aromatic carbocycles. The molecular formula is C13H25N. The van der Waals surface area contributed by atoms with Crippen LogP contribution in [0.4, 0.5) is 0 Å². The highest BCUT2D eigenvalue weighted by molar-refractivity contribution is 4.83. The summed E-state index contributed by atoms with van der Waals surface area (Å²) in [7, 11) is 0. The normalized spacial score (nSPS) is 11.4. The van der Waals surface area contributed by atoms with E-state index in [0.29, 0.717) is 0 Å². The maximum Gasteiger partial charge on any atom is -0.00142 e. The molecule has 0 aromatic rings. The van der Waals surface area contributed by atoms with E-state index in [9.17, 15) is 0 Å². The Balaban J connectivity index is 3.07. The van der Waals surface area contributed by atoms with Gasteiger partial charge in [0.05, 0.1) is 0 Å². The van der Waals surface area contributed by atoms with Crippen molar-refractivity contribution in [3.8, 4) is 0 Å². The minimum Gasteiger partial charge on any atom is -0.316 e. The Morgan fingerprint density at radius 3 is 2.50 bits per heavy atom. The predicted molar refractivity (Wildman–Crippen MR) is 65.5 cm³/mol. The summed E-state index contributed by atoms with van der Waals surface area (Å²) in [6.45, 7) is 10.4. The maximum atomic E-state index is 3.70. The van der Waals surface area contributed by atoms with Gasteiger partial charge in [-0.3, -0.25) is 0 Å². The fraction of sp³-hybridized carbons (Fsp3) is 0.692. The molecule has 0 bridgehead atoms. The molecule has 0 rings (SSSR count). The van der Waals surface area contributed by atoms with Crippen molar-refractivity contribution in [3.05, 3.63) is 24.8 Å². The second-order valence-corrected chi connectivity index (χ2v) is 4.08. The third kappa shape index (κ3) is 11.4. The summed E-state index contributed by atoms with van der Waals surface area (Å²) >= 11 is 0. The second-order valence-electron chi connectivity index (χ2n) is 4.08. The Labute approximate surface area is 89.3 Å². The third-order valence-electron chi connectivity index (χ3n) is 1.99. The molecule has 0 spiro atoms. The van der Waals surface area contributed by atoms with E-state index < -0.39 is 0 Å². The highest BCUT2D eigenvalue weighted by Crippen LogP contribution is 1.97. The van der Waals surface area contributed by atoms with E-state index in [1.54, 1.807) is 0 Å². The van der Waals surface area contributed by atoms with Crippen LogP contribution in [-0.4, -0.2) is 13.1 Å². The van der Waals surface area contributed by atoms with Crippen LogP contribution in [0.25, 0.3) is 0 Å². The Bertz CT molecular complexity index is 147. The molecule has 0 aliphatic carbocycles. The molecule has 14 heavy (non-hydrogen) atoms. The lowest BCUT2D eigenvalue weighted by molar-refractivity contribution is 0.556. The quantitative estimate of drug-likeness (QED) is 0.438. The number of nitrogens with one attached hydrogen (secondary N) is 1. The summed E-state index contributed by atoms with van der Waals surface area (Å²) in [5, 5.41) is 3.42. The van der Waals surface area contributed by atoms with Crippen molar-refractivity contribution < 1.29 is 0 Å². The smallest absolute Gasteiger partial charge is 0.00142 e. The van der Waals surface area contributed by atoms with E-state index >= 15 is 0 Å². The van der Waals surface area contributed by atoms with Crippen LogP contribution in [0.5, 0.6) is 0 Å². The van der Waals surface area contributed by atoms with E-state index in [1.807, 2.05) is 6.08 Å². The van der Waals surface area contributed by atoms with Gasteiger partial charge in [-0.05, 0) is 44.7 Å². The molecule has 0 aliphatic heterocycles. The molecule has 1 nitrogen and oxygen atoms in total. The van der Waals surface area contributed by atoms with Gasteiger partial charge in [-0.25, -0.2) is 0 Å². The van der Waals surface area contributed by atoms with Gasteiger partial charge < -0.3 is 5.32 Å². The first-order chi connectivity index (χ1) is 6.77. The van der Waals surface area contributed by atoms with Crippen LogP contribution in [0.3, 0.4) is 0 Å².